The minimum Gasteiger partial charge on any atom is -0.316 e. The Labute approximate surface area is 95.1 Å². The maximum atomic E-state index is 4.62. The summed E-state index contributed by atoms with van der Waals surface area (Å²) < 4.78 is 0. The number of piperidine rings is 1. The summed E-state index contributed by atoms with van der Waals surface area (Å²) in [5.74, 6) is 1.55. The Hall–Kier alpha value is -0.410. The number of hydrogen-bond acceptors (Lipinski definition) is 3. The van der Waals surface area contributed by atoms with Crippen LogP contribution >= 0.6 is 11.3 Å². The van der Waals surface area contributed by atoms with Gasteiger partial charge in [0.2, 0.25) is 0 Å². The summed E-state index contributed by atoms with van der Waals surface area (Å²) in [7, 11) is 0. The average molecular weight is 222 g/mol. The van der Waals surface area contributed by atoms with Crippen LogP contribution in [0.3, 0.4) is 0 Å². The van der Waals surface area contributed by atoms with Crippen LogP contribution in [0.5, 0.6) is 0 Å². The predicted molar refractivity (Wildman–Crippen MR) is 63.6 cm³/mol. The van der Waals surface area contributed by atoms with Crippen LogP contribution < -0.4 is 5.32 Å². The molecule has 1 aliphatic carbocycles. The highest BCUT2D eigenvalue weighted by atomic mass is 32.1. The molecule has 1 aromatic heterocycles. The summed E-state index contributed by atoms with van der Waals surface area (Å²) in [4.78, 5) is 6.16. The van der Waals surface area contributed by atoms with E-state index < -0.39 is 0 Å². The number of hydrogen-bond donors (Lipinski definition) is 1. The normalized spacial score (nSPS) is 27.6. The van der Waals surface area contributed by atoms with E-state index in [0.29, 0.717) is 5.92 Å². The fourth-order valence-corrected chi connectivity index (χ4v) is 3.66. The highest BCUT2D eigenvalue weighted by molar-refractivity contribution is 7.11. The van der Waals surface area contributed by atoms with E-state index in [1.54, 1.807) is 4.88 Å². The molecule has 1 atom stereocenters. The first-order valence-electron chi connectivity index (χ1n) is 6.10. The van der Waals surface area contributed by atoms with Crippen molar-refractivity contribution in [2.75, 3.05) is 13.1 Å². The molecule has 0 aromatic carbocycles. The van der Waals surface area contributed by atoms with Crippen molar-refractivity contribution in [2.24, 2.45) is 0 Å². The molecule has 15 heavy (non-hydrogen) atoms. The van der Waals surface area contributed by atoms with Crippen molar-refractivity contribution < 1.29 is 0 Å². The first-order valence-corrected chi connectivity index (χ1v) is 6.91. The van der Waals surface area contributed by atoms with Gasteiger partial charge in [0.25, 0.3) is 0 Å². The summed E-state index contributed by atoms with van der Waals surface area (Å²) in [5, 5.41) is 4.85. The van der Waals surface area contributed by atoms with Crippen LogP contribution in [0.1, 0.15) is 53.8 Å². The second-order valence-electron chi connectivity index (χ2n) is 4.77. The average Bonchev–Trinajstić information content (AvgIpc) is 2.66. The molecule has 1 aliphatic heterocycles. The number of rotatable bonds is 2. The van der Waals surface area contributed by atoms with Gasteiger partial charge in [-0.05, 0) is 38.1 Å². The van der Waals surface area contributed by atoms with E-state index in [1.165, 1.54) is 43.7 Å². The zero-order valence-corrected chi connectivity index (χ0v) is 9.85. The van der Waals surface area contributed by atoms with Gasteiger partial charge in [-0.15, -0.1) is 11.3 Å². The molecular weight excluding hydrogens is 204 g/mol. The first-order chi connectivity index (χ1) is 7.43. The number of nitrogens with zero attached hydrogens (tertiary/aromatic N) is 1. The van der Waals surface area contributed by atoms with Crippen LogP contribution in [-0.2, 0) is 0 Å². The number of aromatic nitrogens is 1. The SMILES string of the molecule is c1nc(C2CCCNC2)sc1C1CCC1. The van der Waals surface area contributed by atoms with Gasteiger partial charge in [0.05, 0.1) is 5.01 Å². The summed E-state index contributed by atoms with van der Waals surface area (Å²) in [6.07, 6.45) is 8.98. The first kappa shape index (κ1) is 9.79. The molecule has 3 rings (SSSR count). The van der Waals surface area contributed by atoms with Gasteiger partial charge >= 0.3 is 0 Å². The van der Waals surface area contributed by atoms with Gasteiger partial charge in [-0.25, -0.2) is 4.98 Å². The summed E-state index contributed by atoms with van der Waals surface area (Å²) in [6, 6.07) is 0. The Morgan fingerprint density at radius 3 is 2.73 bits per heavy atom. The lowest BCUT2D eigenvalue weighted by Gasteiger charge is -2.23. The van der Waals surface area contributed by atoms with Crippen molar-refractivity contribution in [1.29, 1.82) is 0 Å². The summed E-state index contributed by atoms with van der Waals surface area (Å²) in [6.45, 7) is 2.33. The lowest BCUT2D eigenvalue weighted by molar-refractivity contribution is 0.425. The Kier molecular flexibility index (Phi) is 2.76. The molecule has 2 aliphatic rings. The smallest absolute Gasteiger partial charge is 0.0971 e. The Morgan fingerprint density at radius 2 is 2.07 bits per heavy atom. The molecule has 1 saturated carbocycles. The maximum Gasteiger partial charge on any atom is 0.0971 e. The molecule has 0 bridgehead atoms. The molecule has 1 unspecified atom stereocenters. The van der Waals surface area contributed by atoms with E-state index in [4.69, 9.17) is 0 Å². The summed E-state index contributed by atoms with van der Waals surface area (Å²) in [5.41, 5.74) is 0. The van der Waals surface area contributed by atoms with Crippen LogP contribution in [0.2, 0.25) is 0 Å². The molecule has 2 fully saturated rings. The van der Waals surface area contributed by atoms with Gasteiger partial charge in [0.15, 0.2) is 0 Å². The Morgan fingerprint density at radius 1 is 1.20 bits per heavy atom. The second-order valence-corrected chi connectivity index (χ2v) is 5.87. The Balaban J connectivity index is 1.71. The van der Waals surface area contributed by atoms with Crippen LogP contribution in [0.4, 0.5) is 0 Å². The van der Waals surface area contributed by atoms with E-state index in [-0.39, 0.29) is 0 Å². The van der Waals surface area contributed by atoms with Gasteiger partial charge in [0, 0.05) is 23.5 Å². The highest BCUT2D eigenvalue weighted by Gasteiger charge is 2.24. The fraction of sp³-hybridized carbons (Fsp3) is 0.750. The molecule has 0 spiro atoms. The largest absolute Gasteiger partial charge is 0.316 e. The quantitative estimate of drug-likeness (QED) is 0.832. The predicted octanol–water partition coefficient (Wildman–Crippen LogP) is 2.88. The molecule has 1 N–H and O–H groups in total. The topological polar surface area (TPSA) is 24.9 Å². The summed E-state index contributed by atoms with van der Waals surface area (Å²) >= 11 is 1.97. The lowest BCUT2D eigenvalue weighted by Crippen LogP contribution is -2.28. The number of nitrogens with one attached hydrogen (secondary N) is 1. The van der Waals surface area contributed by atoms with Gasteiger partial charge in [-0.3, -0.25) is 0 Å². The molecule has 3 heteroatoms. The minimum atomic E-state index is 0.692. The van der Waals surface area contributed by atoms with Crippen molar-refractivity contribution in [2.45, 2.75) is 43.9 Å². The molecule has 2 nitrogen and oxygen atoms in total. The molecule has 2 heterocycles. The van der Waals surface area contributed by atoms with Gasteiger partial charge in [-0.1, -0.05) is 6.42 Å². The zero-order chi connectivity index (χ0) is 10.1. The van der Waals surface area contributed by atoms with Crippen LogP contribution in [0, 0.1) is 0 Å². The third-order valence-electron chi connectivity index (χ3n) is 3.70. The van der Waals surface area contributed by atoms with E-state index in [9.17, 15) is 0 Å². The lowest BCUT2D eigenvalue weighted by atomic mass is 9.85. The standard InChI is InChI=1S/C12H18N2S/c1-3-9(4-1)11-8-14-12(15-11)10-5-2-6-13-7-10/h8-10,13H,1-7H2. The van der Waals surface area contributed by atoms with Gasteiger partial charge in [0.1, 0.15) is 0 Å². The maximum absolute atomic E-state index is 4.62. The van der Waals surface area contributed by atoms with Gasteiger partial charge in [-0.2, -0.15) is 0 Å². The molecule has 0 amide bonds. The van der Waals surface area contributed by atoms with E-state index in [1.807, 2.05) is 11.3 Å². The molecule has 1 aromatic rings. The third kappa shape index (κ3) is 1.95. The van der Waals surface area contributed by atoms with Crippen molar-refractivity contribution in [3.05, 3.63) is 16.1 Å². The van der Waals surface area contributed by atoms with Crippen molar-refractivity contribution in [3.8, 4) is 0 Å². The van der Waals surface area contributed by atoms with E-state index in [0.717, 1.165) is 12.5 Å². The monoisotopic (exact) mass is 222 g/mol. The molecule has 82 valence electrons. The molecular formula is C12H18N2S. The highest BCUT2D eigenvalue weighted by Crippen LogP contribution is 2.40. The third-order valence-corrected chi connectivity index (χ3v) is 5.02. The van der Waals surface area contributed by atoms with E-state index >= 15 is 0 Å². The van der Waals surface area contributed by atoms with Crippen molar-refractivity contribution in [3.63, 3.8) is 0 Å². The second kappa shape index (κ2) is 4.22. The Bertz CT molecular complexity index is 324. The van der Waals surface area contributed by atoms with Crippen LogP contribution in [0.25, 0.3) is 0 Å². The van der Waals surface area contributed by atoms with E-state index in [2.05, 4.69) is 16.5 Å². The molecule has 0 radical (unpaired) electrons. The minimum absolute atomic E-state index is 0.692. The number of thiazole rings is 1. The van der Waals surface area contributed by atoms with Crippen molar-refractivity contribution in [1.82, 2.24) is 10.3 Å². The van der Waals surface area contributed by atoms with Crippen LogP contribution in [-0.4, -0.2) is 18.1 Å². The molecule has 1 saturated heterocycles. The zero-order valence-electron chi connectivity index (χ0n) is 9.04. The van der Waals surface area contributed by atoms with Crippen molar-refractivity contribution >= 4 is 11.3 Å². The van der Waals surface area contributed by atoms with Gasteiger partial charge < -0.3 is 5.32 Å². The van der Waals surface area contributed by atoms with Crippen LogP contribution in [0.15, 0.2) is 6.20 Å². The fourth-order valence-electron chi connectivity index (χ4n) is 2.43.